The van der Waals surface area contributed by atoms with Gasteiger partial charge in [-0.3, -0.25) is 4.79 Å². The molecule has 1 amide bonds. The van der Waals surface area contributed by atoms with Crippen molar-refractivity contribution >= 4 is 17.3 Å². The van der Waals surface area contributed by atoms with Crippen LogP contribution in [0.5, 0.6) is 0 Å². The molecule has 2 rings (SSSR count). The Labute approximate surface area is 97.9 Å². The molecule has 4 nitrogen and oxygen atoms in total. The van der Waals surface area contributed by atoms with Gasteiger partial charge in [-0.2, -0.15) is 0 Å². The number of amides is 1. The maximum absolute atomic E-state index is 12.9. The van der Waals surface area contributed by atoms with E-state index >= 15 is 0 Å². The van der Waals surface area contributed by atoms with Crippen LogP contribution in [0.1, 0.15) is 10.5 Å². The van der Waals surface area contributed by atoms with Crippen molar-refractivity contribution in [2.24, 2.45) is 7.05 Å². The van der Waals surface area contributed by atoms with Gasteiger partial charge < -0.3 is 15.6 Å². The fourth-order valence-corrected chi connectivity index (χ4v) is 1.58. The summed E-state index contributed by atoms with van der Waals surface area (Å²) in [5.41, 5.74) is 6.92. The standard InChI is InChI=1S/C12H12FN3O/c1-16-7-9(14)6-11(16)12(17)15-10-4-2-3-8(13)5-10/h2-7H,14H2,1H3,(H,15,17). The van der Waals surface area contributed by atoms with E-state index in [4.69, 9.17) is 5.73 Å². The van der Waals surface area contributed by atoms with E-state index in [0.29, 0.717) is 17.1 Å². The van der Waals surface area contributed by atoms with Crippen LogP contribution < -0.4 is 11.1 Å². The second-order valence-electron chi connectivity index (χ2n) is 3.73. The van der Waals surface area contributed by atoms with Crippen LogP contribution in [0.2, 0.25) is 0 Å². The molecule has 5 heteroatoms. The number of hydrogen-bond acceptors (Lipinski definition) is 2. The first-order valence-electron chi connectivity index (χ1n) is 5.05. The maximum Gasteiger partial charge on any atom is 0.272 e. The molecule has 0 atom stereocenters. The van der Waals surface area contributed by atoms with Gasteiger partial charge in [-0.15, -0.1) is 0 Å². The number of aromatic nitrogens is 1. The molecule has 0 radical (unpaired) electrons. The molecule has 2 aromatic rings. The van der Waals surface area contributed by atoms with Gasteiger partial charge in [0, 0.05) is 18.9 Å². The summed E-state index contributed by atoms with van der Waals surface area (Å²) in [7, 11) is 1.72. The van der Waals surface area contributed by atoms with Crippen molar-refractivity contribution < 1.29 is 9.18 Å². The number of nitrogen functional groups attached to an aromatic ring is 1. The van der Waals surface area contributed by atoms with E-state index in [9.17, 15) is 9.18 Å². The molecule has 3 N–H and O–H groups in total. The Kier molecular flexibility index (Phi) is 2.82. The number of hydrogen-bond donors (Lipinski definition) is 2. The smallest absolute Gasteiger partial charge is 0.272 e. The van der Waals surface area contributed by atoms with Gasteiger partial charge in [0.25, 0.3) is 5.91 Å². The average molecular weight is 233 g/mol. The minimum atomic E-state index is -0.394. The maximum atomic E-state index is 12.9. The molecule has 0 saturated carbocycles. The number of nitrogens with zero attached hydrogens (tertiary/aromatic N) is 1. The highest BCUT2D eigenvalue weighted by Crippen LogP contribution is 2.13. The average Bonchev–Trinajstić information content (AvgIpc) is 2.58. The summed E-state index contributed by atoms with van der Waals surface area (Å²) in [4.78, 5) is 11.8. The van der Waals surface area contributed by atoms with Crippen molar-refractivity contribution in [3.8, 4) is 0 Å². The number of halogens is 1. The summed E-state index contributed by atoms with van der Waals surface area (Å²) < 4.78 is 14.5. The molecule has 0 aliphatic rings. The molecule has 0 unspecified atom stereocenters. The number of benzene rings is 1. The van der Waals surface area contributed by atoms with Gasteiger partial charge in [-0.05, 0) is 24.3 Å². The molecule has 88 valence electrons. The minimum absolute atomic E-state index is 0.324. The molecule has 0 bridgehead atoms. The lowest BCUT2D eigenvalue weighted by atomic mass is 10.3. The van der Waals surface area contributed by atoms with Crippen molar-refractivity contribution in [2.45, 2.75) is 0 Å². The van der Waals surface area contributed by atoms with Gasteiger partial charge in [0.15, 0.2) is 0 Å². The fourth-order valence-electron chi connectivity index (χ4n) is 1.58. The highest BCUT2D eigenvalue weighted by atomic mass is 19.1. The van der Waals surface area contributed by atoms with E-state index in [0.717, 1.165) is 0 Å². The Balaban J connectivity index is 2.20. The van der Waals surface area contributed by atoms with Gasteiger partial charge in [0.05, 0.1) is 5.69 Å². The van der Waals surface area contributed by atoms with Crippen molar-refractivity contribution in [1.29, 1.82) is 0 Å². The first-order chi connectivity index (χ1) is 8.06. The molecule has 0 spiro atoms. The third-order valence-electron chi connectivity index (χ3n) is 2.34. The summed E-state index contributed by atoms with van der Waals surface area (Å²) in [6.07, 6.45) is 1.64. The van der Waals surface area contributed by atoms with Crippen LogP contribution in [-0.2, 0) is 7.05 Å². The molecule has 0 saturated heterocycles. The lowest BCUT2D eigenvalue weighted by Gasteiger charge is -2.05. The number of aryl methyl sites for hydroxylation is 1. The fraction of sp³-hybridized carbons (Fsp3) is 0.0833. The van der Waals surface area contributed by atoms with Crippen LogP contribution in [0.15, 0.2) is 36.5 Å². The van der Waals surface area contributed by atoms with Crippen molar-refractivity contribution in [1.82, 2.24) is 4.57 Å². The predicted octanol–water partition coefficient (Wildman–Crippen LogP) is 2.00. The van der Waals surface area contributed by atoms with Crippen LogP contribution in [0, 0.1) is 5.82 Å². The molecular weight excluding hydrogens is 221 g/mol. The van der Waals surface area contributed by atoms with Gasteiger partial charge in [0.1, 0.15) is 11.5 Å². The largest absolute Gasteiger partial charge is 0.397 e. The SMILES string of the molecule is Cn1cc(N)cc1C(=O)Nc1cccc(F)c1. The number of nitrogens with one attached hydrogen (secondary N) is 1. The third kappa shape index (κ3) is 2.44. The number of nitrogens with two attached hydrogens (primary N) is 1. The normalized spacial score (nSPS) is 10.2. The minimum Gasteiger partial charge on any atom is -0.397 e. The van der Waals surface area contributed by atoms with Gasteiger partial charge in [-0.25, -0.2) is 4.39 Å². The van der Waals surface area contributed by atoms with E-state index in [2.05, 4.69) is 5.32 Å². The first kappa shape index (κ1) is 11.2. The Hall–Kier alpha value is -2.30. The van der Waals surface area contributed by atoms with Crippen LogP contribution in [0.4, 0.5) is 15.8 Å². The Morgan fingerprint density at radius 3 is 2.76 bits per heavy atom. The summed E-state index contributed by atoms with van der Waals surface area (Å²) in [5, 5.41) is 2.60. The number of anilines is 2. The van der Waals surface area contributed by atoms with Gasteiger partial charge >= 0.3 is 0 Å². The second kappa shape index (κ2) is 4.29. The lowest BCUT2D eigenvalue weighted by molar-refractivity contribution is 0.101. The summed E-state index contributed by atoms with van der Waals surface area (Å²) in [6.45, 7) is 0. The predicted molar refractivity (Wildman–Crippen MR) is 64.2 cm³/mol. The Morgan fingerprint density at radius 1 is 1.41 bits per heavy atom. The second-order valence-corrected chi connectivity index (χ2v) is 3.73. The zero-order chi connectivity index (χ0) is 12.4. The van der Waals surface area contributed by atoms with Crippen LogP contribution >= 0.6 is 0 Å². The molecule has 0 aliphatic heterocycles. The van der Waals surface area contributed by atoms with Crippen LogP contribution in [0.25, 0.3) is 0 Å². The highest BCUT2D eigenvalue weighted by Gasteiger charge is 2.11. The van der Waals surface area contributed by atoms with E-state index in [-0.39, 0.29) is 5.91 Å². The van der Waals surface area contributed by atoms with Crippen molar-refractivity contribution in [2.75, 3.05) is 11.1 Å². The van der Waals surface area contributed by atoms with E-state index in [1.54, 1.807) is 29.9 Å². The first-order valence-corrected chi connectivity index (χ1v) is 5.05. The van der Waals surface area contributed by atoms with Crippen LogP contribution in [0.3, 0.4) is 0 Å². The third-order valence-corrected chi connectivity index (χ3v) is 2.34. The summed E-state index contributed by atoms with van der Waals surface area (Å²) in [6, 6.07) is 7.28. The number of carbonyl (C=O) groups is 1. The molecule has 17 heavy (non-hydrogen) atoms. The highest BCUT2D eigenvalue weighted by molar-refractivity contribution is 6.03. The van der Waals surface area contributed by atoms with E-state index in [1.165, 1.54) is 18.2 Å². The van der Waals surface area contributed by atoms with E-state index in [1.807, 2.05) is 0 Å². The molecule has 0 fully saturated rings. The van der Waals surface area contributed by atoms with Crippen molar-refractivity contribution in [3.63, 3.8) is 0 Å². The quantitative estimate of drug-likeness (QED) is 0.833. The molecule has 1 aromatic carbocycles. The summed E-state index contributed by atoms with van der Waals surface area (Å²) in [5.74, 6) is -0.719. The number of carbonyl (C=O) groups excluding carboxylic acids is 1. The monoisotopic (exact) mass is 233 g/mol. The summed E-state index contributed by atoms with van der Waals surface area (Å²) >= 11 is 0. The molecule has 1 heterocycles. The topological polar surface area (TPSA) is 60.0 Å². The zero-order valence-corrected chi connectivity index (χ0v) is 9.27. The van der Waals surface area contributed by atoms with E-state index < -0.39 is 5.82 Å². The molecular formula is C12H12FN3O. The molecule has 0 aliphatic carbocycles. The van der Waals surface area contributed by atoms with Crippen molar-refractivity contribution in [3.05, 3.63) is 48.0 Å². The van der Waals surface area contributed by atoms with Gasteiger partial charge in [0.2, 0.25) is 0 Å². The van der Waals surface area contributed by atoms with Crippen LogP contribution in [-0.4, -0.2) is 10.5 Å². The zero-order valence-electron chi connectivity index (χ0n) is 9.27. The van der Waals surface area contributed by atoms with Gasteiger partial charge in [-0.1, -0.05) is 6.07 Å². The Bertz CT molecular complexity index is 563. The molecule has 1 aromatic heterocycles. The Morgan fingerprint density at radius 2 is 2.18 bits per heavy atom. The number of rotatable bonds is 2. The lowest BCUT2D eigenvalue weighted by Crippen LogP contribution is -2.15.